The number of ether oxygens (including phenoxy) is 1. The molecule has 39 heavy (non-hydrogen) atoms. The molecule has 0 aliphatic rings. The number of benzene rings is 2. The zero-order valence-corrected chi connectivity index (χ0v) is 24.0. The van der Waals surface area contributed by atoms with Crippen LogP contribution in [0.2, 0.25) is 0 Å². The molecule has 2 aromatic carbocycles. The van der Waals surface area contributed by atoms with Gasteiger partial charge in [0.25, 0.3) is 0 Å². The van der Waals surface area contributed by atoms with E-state index in [0.717, 1.165) is 31.2 Å². The Bertz CT molecular complexity index is 1030. The normalized spacial score (nSPS) is 12.7. The predicted molar refractivity (Wildman–Crippen MR) is 153 cm³/mol. The molecule has 0 bridgehead atoms. The van der Waals surface area contributed by atoms with Gasteiger partial charge in [-0.2, -0.15) is 0 Å². The van der Waals surface area contributed by atoms with E-state index in [4.69, 9.17) is 4.74 Å². The molecule has 214 valence electrons. The number of amides is 3. The van der Waals surface area contributed by atoms with E-state index in [9.17, 15) is 19.5 Å². The first-order valence-electron chi connectivity index (χ1n) is 14.0. The number of aromatic hydroxyl groups is 1. The number of phenolic OH excluding ortho intramolecular Hbond substituents is 1. The van der Waals surface area contributed by atoms with Gasteiger partial charge < -0.3 is 25.4 Å². The first-order valence-corrected chi connectivity index (χ1v) is 14.0. The summed E-state index contributed by atoms with van der Waals surface area (Å²) in [4.78, 5) is 42.2. The van der Waals surface area contributed by atoms with Crippen molar-refractivity contribution in [3.8, 4) is 5.75 Å². The first-order chi connectivity index (χ1) is 18.6. The van der Waals surface area contributed by atoms with Gasteiger partial charge in [-0.1, -0.05) is 75.6 Å². The molecule has 2 atom stereocenters. The van der Waals surface area contributed by atoms with Crippen LogP contribution in [0, 0.1) is 0 Å². The highest BCUT2D eigenvalue weighted by atomic mass is 16.6. The van der Waals surface area contributed by atoms with Crippen LogP contribution in [0.25, 0.3) is 0 Å². The number of unbranched alkanes of at least 4 members (excludes halogenated alkanes) is 3. The largest absolute Gasteiger partial charge is 0.508 e. The molecule has 0 aliphatic carbocycles. The van der Waals surface area contributed by atoms with Gasteiger partial charge in [0.1, 0.15) is 23.4 Å². The highest BCUT2D eigenvalue weighted by molar-refractivity contribution is 5.92. The van der Waals surface area contributed by atoms with Gasteiger partial charge in [0.2, 0.25) is 11.8 Å². The van der Waals surface area contributed by atoms with Gasteiger partial charge in [0.05, 0.1) is 0 Å². The molecule has 8 nitrogen and oxygen atoms in total. The van der Waals surface area contributed by atoms with Gasteiger partial charge >= 0.3 is 6.09 Å². The topological polar surface area (TPSA) is 108 Å². The second kappa shape index (κ2) is 15.8. The summed E-state index contributed by atoms with van der Waals surface area (Å²) in [6.07, 6.45) is 3.88. The summed E-state index contributed by atoms with van der Waals surface area (Å²) in [5, 5.41) is 15.6. The number of hydrogen-bond donors (Lipinski definition) is 3. The van der Waals surface area contributed by atoms with E-state index >= 15 is 0 Å². The summed E-state index contributed by atoms with van der Waals surface area (Å²) in [5.74, 6) is -0.599. The summed E-state index contributed by atoms with van der Waals surface area (Å²) < 4.78 is 5.47. The van der Waals surface area contributed by atoms with Crippen molar-refractivity contribution in [2.24, 2.45) is 0 Å². The first kappa shape index (κ1) is 31.7. The van der Waals surface area contributed by atoms with Crippen molar-refractivity contribution >= 4 is 17.9 Å². The molecule has 0 radical (unpaired) electrons. The Hall–Kier alpha value is -3.55. The quantitative estimate of drug-likeness (QED) is 0.275. The van der Waals surface area contributed by atoms with Gasteiger partial charge in [0.15, 0.2) is 0 Å². The van der Waals surface area contributed by atoms with Crippen LogP contribution >= 0.6 is 0 Å². The molecule has 0 spiro atoms. The molecule has 3 N–H and O–H groups in total. The molecular formula is C31H45N3O5. The van der Waals surface area contributed by atoms with Gasteiger partial charge in [-0.3, -0.25) is 9.59 Å². The minimum absolute atomic E-state index is 0.0702. The number of phenols is 1. The lowest BCUT2D eigenvalue weighted by molar-refractivity contribution is -0.142. The molecule has 0 saturated carbocycles. The van der Waals surface area contributed by atoms with Crippen molar-refractivity contribution in [3.05, 3.63) is 65.7 Å². The van der Waals surface area contributed by atoms with Crippen LogP contribution in [0.1, 0.15) is 83.9 Å². The number of hydrogen-bond acceptors (Lipinski definition) is 5. The van der Waals surface area contributed by atoms with E-state index in [2.05, 4.69) is 17.6 Å². The lowest BCUT2D eigenvalue weighted by Gasteiger charge is -2.34. The number of alkyl carbamates (subject to hydrolysis) is 1. The fraction of sp³-hybridized carbons (Fsp3) is 0.516. The molecule has 0 fully saturated rings. The minimum Gasteiger partial charge on any atom is -0.508 e. The van der Waals surface area contributed by atoms with E-state index in [1.807, 2.05) is 37.3 Å². The molecule has 0 heterocycles. The lowest BCUT2D eigenvalue weighted by atomic mass is 9.99. The summed E-state index contributed by atoms with van der Waals surface area (Å²) in [7, 11) is 0. The smallest absolute Gasteiger partial charge is 0.408 e. The standard InChI is InChI=1S/C31H45N3O5/c1-6-8-13-20-32-28(36)27(24-16-18-25(35)19-17-24)34(21-9-7-2)29(37)26(22-23-14-11-10-12-15-23)33-30(38)39-31(3,4)5/h10-12,14-19,26-27,35H,6-9,13,20-22H2,1-5H3,(H,32,36)(H,33,38). The van der Waals surface area contributed by atoms with Crippen molar-refractivity contribution in [1.82, 2.24) is 15.5 Å². The third-order valence-corrected chi connectivity index (χ3v) is 6.16. The van der Waals surface area contributed by atoms with Gasteiger partial charge in [-0.15, -0.1) is 0 Å². The molecule has 3 amide bonds. The van der Waals surface area contributed by atoms with E-state index in [1.54, 1.807) is 37.8 Å². The Morgan fingerprint density at radius 1 is 0.923 bits per heavy atom. The second-order valence-electron chi connectivity index (χ2n) is 10.8. The van der Waals surface area contributed by atoms with Crippen LogP contribution in [0.5, 0.6) is 5.75 Å². The van der Waals surface area contributed by atoms with Crippen molar-refractivity contribution in [1.29, 1.82) is 0 Å². The number of rotatable bonds is 14. The van der Waals surface area contributed by atoms with Crippen LogP contribution in [0.4, 0.5) is 4.79 Å². The van der Waals surface area contributed by atoms with Crippen LogP contribution < -0.4 is 10.6 Å². The summed E-state index contributed by atoms with van der Waals surface area (Å²) in [6.45, 7) is 10.2. The van der Waals surface area contributed by atoms with E-state index in [0.29, 0.717) is 25.1 Å². The molecule has 0 aliphatic heterocycles. The number of carbonyl (C=O) groups excluding carboxylic acids is 3. The molecule has 0 saturated heterocycles. The maximum Gasteiger partial charge on any atom is 0.408 e. The van der Waals surface area contributed by atoms with Crippen molar-refractivity contribution in [3.63, 3.8) is 0 Å². The van der Waals surface area contributed by atoms with Gasteiger partial charge in [-0.05, 0) is 56.9 Å². The second-order valence-corrected chi connectivity index (χ2v) is 10.8. The molecular weight excluding hydrogens is 494 g/mol. The average molecular weight is 540 g/mol. The Kier molecular flexibility index (Phi) is 12.8. The van der Waals surface area contributed by atoms with E-state index < -0.39 is 23.8 Å². The Morgan fingerprint density at radius 2 is 1.56 bits per heavy atom. The Balaban J connectivity index is 2.47. The fourth-order valence-electron chi connectivity index (χ4n) is 4.21. The van der Waals surface area contributed by atoms with E-state index in [-0.39, 0.29) is 24.0 Å². The number of carbonyl (C=O) groups is 3. The number of nitrogens with zero attached hydrogens (tertiary/aromatic N) is 1. The minimum atomic E-state index is -0.952. The highest BCUT2D eigenvalue weighted by Gasteiger charge is 2.36. The zero-order valence-electron chi connectivity index (χ0n) is 24.0. The van der Waals surface area contributed by atoms with Crippen molar-refractivity contribution < 1.29 is 24.2 Å². The zero-order chi connectivity index (χ0) is 28.8. The van der Waals surface area contributed by atoms with Gasteiger partial charge in [0, 0.05) is 19.5 Å². The van der Waals surface area contributed by atoms with Gasteiger partial charge in [-0.25, -0.2) is 4.79 Å². The van der Waals surface area contributed by atoms with Crippen LogP contribution in [-0.4, -0.2) is 52.6 Å². The fourth-order valence-corrected chi connectivity index (χ4v) is 4.21. The van der Waals surface area contributed by atoms with Crippen molar-refractivity contribution in [2.75, 3.05) is 13.1 Å². The third kappa shape index (κ3) is 11.0. The highest BCUT2D eigenvalue weighted by Crippen LogP contribution is 2.26. The Morgan fingerprint density at radius 3 is 2.15 bits per heavy atom. The maximum absolute atomic E-state index is 14.2. The van der Waals surface area contributed by atoms with Crippen molar-refractivity contribution in [2.45, 2.75) is 90.8 Å². The summed E-state index contributed by atoms with van der Waals surface area (Å²) >= 11 is 0. The summed E-state index contributed by atoms with van der Waals surface area (Å²) in [5.41, 5.74) is 0.716. The monoisotopic (exact) mass is 539 g/mol. The van der Waals surface area contributed by atoms with E-state index in [1.165, 1.54) is 12.1 Å². The third-order valence-electron chi connectivity index (χ3n) is 6.16. The molecule has 2 aromatic rings. The average Bonchev–Trinajstić information content (AvgIpc) is 2.88. The number of nitrogens with one attached hydrogen (secondary N) is 2. The molecule has 2 unspecified atom stereocenters. The maximum atomic E-state index is 14.2. The van der Waals surface area contributed by atoms with Crippen LogP contribution in [0.15, 0.2) is 54.6 Å². The molecule has 0 aromatic heterocycles. The summed E-state index contributed by atoms with van der Waals surface area (Å²) in [6, 6.07) is 13.9. The predicted octanol–water partition coefficient (Wildman–Crippen LogP) is 5.50. The SMILES string of the molecule is CCCCCNC(=O)C(c1ccc(O)cc1)N(CCCC)C(=O)C(Cc1ccccc1)NC(=O)OC(C)(C)C. The molecule has 8 heteroatoms. The van der Waals surface area contributed by atoms with Crippen LogP contribution in [0.3, 0.4) is 0 Å². The lowest BCUT2D eigenvalue weighted by Crippen LogP contribution is -2.54. The van der Waals surface area contributed by atoms with Crippen LogP contribution in [-0.2, 0) is 20.7 Å². The molecule has 2 rings (SSSR count). The Labute approximate surface area is 233 Å².